The highest BCUT2D eigenvalue weighted by molar-refractivity contribution is 5.91. The molecule has 3 heterocycles. The summed E-state index contributed by atoms with van der Waals surface area (Å²) >= 11 is 0. The molecule has 0 bridgehead atoms. The van der Waals surface area contributed by atoms with E-state index in [2.05, 4.69) is 77.6 Å². The number of aromatic amines is 1. The fourth-order valence-electron chi connectivity index (χ4n) is 5.20. The second-order valence-electron chi connectivity index (χ2n) is 9.85. The Kier molecular flexibility index (Phi) is 5.51. The number of aromatic nitrogens is 1. The maximum absolute atomic E-state index is 14.0. The number of carbonyl (C=O) groups is 1. The van der Waals surface area contributed by atoms with Crippen LogP contribution < -0.4 is 0 Å². The number of H-pyrrole nitrogens is 1. The number of hydrogen-bond donors (Lipinski definition) is 1. The van der Waals surface area contributed by atoms with Crippen molar-refractivity contribution < 1.29 is 6.22 Å². The van der Waals surface area contributed by atoms with Crippen LogP contribution in [0.3, 0.4) is 0 Å². The Bertz CT molecular complexity index is 1190. The van der Waals surface area contributed by atoms with E-state index in [0.717, 1.165) is 50.2 Å². The van der Waals surface area contributed by atoms with Gasteiger partial charge >= 0.3 is 0 Å². The number of hydrogen-bond acceptors (Lipinski definition) is 3. The number of nitrogens with zero attached hydrogens (tertiary/aromatic N) is 3. The van der Waals surface area contributed by atoms with Crippen LogP contribution in [0.5, 0.6) is 0 Å². The van der Waals surface area contributed by atoms with Crippen LogP contribution in [0.25, 0.3) is 10.9 Å². The monoisotopic (exact) mass is 443 g/mol. The first-order chi connectivity index (χ1) is 15.9. The van der Waals surface area contributed by atoms with Gasteiger partial charge in [0.2, 0.25) is 5.91 Å². The van der Waals surface area contributed by atoms with Crippen LogP contribution in [0.2, 0.25) is 0 Å². The van der Waals surface area contributed by atoms with E-state index < -0.39 is 0 Å². The number of amides is 1. The van der Waals surface area contributed by atoms with Crippen molar-refractivity contribution in [3.63, 3.8) is 0 Å². The first kappa shape index (κ1) is 21.7. The molecular formula is C28H35N4O. The molecule has 5 nitrogen and oxygen atoms in total. The minimum absolute atomic E-state index is 0. The summed E-state index contributed by atoms with van der Waals surface area (Å²) in [5.74, 6) is 2.48. The van der Waals surface area contributed by atoms with Crippen molar-refractivity contribution in [2.45, 2.75) is 46.6 Å². The minimum atomic E-state index is -0.381. The van der Waals surface area contributed by atoms with Crippen molar-refractivity contribution in [3.8, 4) is 0 Å². The average Bonchev–Trinajstić information content (AvgIpc) is 3.52. The maximum Gasteiger partial charge on any atom is 0.233 e. The van der Waals surface area contributed by atoms with Crippen LogP contribution in [-0.4, -0.2) is 46.5 Å². The quantitative estimate of drug-likeness (QED) is 0.608. The van der Waals surface area contributed by atoms with Crippen LogP contribution in [-0.2, 0) is 11.3 Å². The molecule has 0 unspecified atom stereocenters. The Morgan fingerprint density at radius 1 is 1.21 bits per heavy atom. The van der Waals surface area contributed by atoms with Crippen molar-refractivity contribution in [2.75, 3.05) is 19.6 Å². The van der Waals surface area contributed by atoms with E-state index in [1.807, 2.05) is 12.3 Å². The van der Waals surface area contributed by atoms with E-state index in [1.54, 1.807) is 0 Å². The second-order valence-corrected chi connectivity index (χ2v) is 9.85. The molecule has 0 atom stereocenters. The first-order valence-electron chi connectivity index (χ1n) is 11.9. The number of fused-ring (bicyclic) bond motifs is 3. The van der Waals surface area contributed by atoms with Crippen LogP contribution in [0.1, 0.15) is 47.0 Å². The van der Waals surface area contributed by atoms with Gasteiger partial charge in [-0.25, -0.2) is 4.99 Å². The lowest BCUT2D eigenvalue weighted by Gasteiger charge is -2.42. The summed E-state index contributed by atoms with van der Waals surface area (Å²) in [4.78, 5) is 26.2. The summed E-state index contributed by atoms with van der Waals surface area (Å²) in [6, 6.07) is 8.32. The molecule has 1 spiro atoms. The summed E-state index contributed by atoms with van der Waals surface area (Å²) in [5, 5.41) is 1.20. The van der Waals surface area contributed by atoms with Crippen molar-refractivity contribution in [3.05, 3.63) is 77.1 Å². The van der Waals surface area contributed by atoms with Gasteiger partial charge in [0.15, 0.2) is 0 Å². The third-order valence-electron chi connectivity index (χ3n) is 7.66. The van der Waals surface area contributed by atoms with Crippen LogP contribution in [0.4, 0.5) is 0 Å². The van der Waals surface area contributed by atoms with Gasteiger partial charge in [-0.1, -0.05) is 36.4 Å². The summed E-state index contributed by atoms with van der Waals surface area (Å²) in [7, 11) is 0. The van der Waals surface area contributed by atoms with E-state index in [-0.39, 0.29) is 6.84 Å². The number of nitrogens with one attached hydrogen (secondary N) is 1. The third kappa shape index (κ3) is 3.94. The number of benzene rings is 1. The average molecular weight is 444 g/mol. The molecular weight excluding hydrogens is 408 g/mol. The van der Waals surface area contributed by atoms with Crippen molar-refractivity contribution in [1.82, 2.24) is 14.8 Å². The van der Waals surface area contributed by atoms with E-state index in [4.69, 9.17) is 0 Å². The molecule has 2 aromatic rings. The predicted molar refractivity (Wildman–Crippen MR) is 137 cm³/mol. The van der Waals surface area contributed by atoms with Gasteiger partial charge in [-0.15, -0.1) is 0 Å². The van der Waals surface area contributed by atoms with Crippen LogP contribution in [0, 0.1) is 11.3 Å². The van der Waals surface area contributed by atoms with Gasteiger partial charge in [-0.2, -0.15) is 0 Å². The molecule has 1 amide bonds. The molecule has 1 N–H and O–H groups in total. The van der Waals surface area contributed by atoms with Gasteiger partial charge in [-0.05, 0) is 62.8 Å². The third-order valence-corrected chi connectivity index (χ3v) is 7.66. The Morgan fingerprint density at radius 3 is 2.73 bits per heavy atom. The molecule has 0 saturated carbocycles. The molecule has 1 aromatic carbocycles. The SMILES string of the molecule is C=C(/N=C\C(C)=C(C)C)N1CCC2(CC1)C(=O)N(Cc1c[nH]c3ccccc13)CC[C]1C=C12.[HH]. The number of para-hydroxylation sites is 1. The molecule has 5 heteroatoms. The topological polar surface area (TPSA) is 51.7 Å². The van der Waals surface area contributed by atoms with E-state index in [9.17, 15) is 4.79 Å². The van der Waals surface area contributed by atoms with Gasteiger partial charge in [0.05, 0.1) is 5.41 Å². The molecule has 1 aliphatic carbocycles. The summed E-state index contributed by atoms with van der Waals surface area (Å²) < 4.78 is 0. The molecule has 1 radical (unpaired) electrons. The lowest BCUT2D eigenvalue weighted by molar-refractivity contribution is -0.142. The van der Waals surface area contributed by atoms with Crippen LogP contribution in [0.15, 0.2) is 70.6 Å². The Hall–Kier alpha value is -3.08. The Labute approximate surface area is 198 Å². The highest BCUT2D eigenvalue weighted by Crippen LogP contribution is 2.55. The number of rotatable bonds is 5. The fourth-order valence-corrected chi connectivity index (χ4v) is 5.20. The van der Waals surface area contributed by atoms with Crippen molar-refractivity contribution in [1.29, 1.82) is 0 Å². The fraction of sp³-hybridized carbons (Fsp3) is 0.393. The highest BCUT2D eigenvalue weighted by Gasteiger charge is 2.54. The molecule has 1 aromatic heterocycles. The molecule has 33 heavy (non-hydrogen) atoms. The number of carbonyl (C=O) groups excluding carboxylic acids is 1. The van der Waals surface area contributed by atoms with E-state index in [1.165, 1.54) is 33.6 Å². The molecule has 5 rings (SSSR count). The van der Waals surface area contributed by atoms with Gasteiger partial charge in [-0.3, -0.25) is 4.79 Å². The number of allylic oxidation sites excluding steroid dienone is 3. The van der Waals surface area contributed by atoms with Crippen LogP contribution >= 0.6 is 0 Å². The van der Waals surface area contributed by atoms with E-state index in [0.29, 0.717) is 12.5 Å². The zero-order valence-electron chi connectivity index (χ0n) is 19.9. The number of piperidine rings is 1. The molecule has 173 valence electrons. The van der Waals surface area contributed by atoms with Gasteiger partial charge < -0.3 is 14.8 Å². The lowest BCUT2D eigenvalue weighted by atomic mass is 9.74. The van der Waals surface area contributed by atoms with E-state index >= 15 is 0 Å². The number of aliphatic imine (C=N–C) groups is 1. The summed E-state index contributed by atoms with van der Waals surface area (Å²) in [6.45, 7) is 13.5. The largest absolute Gasteiger partial charge is 0.361 e. The molecule has 2 aliphatic heterocycles. The van der Waals surface area contributed by atoms with Crippen molar-refractivity contribution in [2.24, 2.45) is 10.4 Å². The highest BCUT2D eigenvalue weighted by atomic mass is 16.2. The predicted octanol–water partition coefficient (Wildman–Crippen LogP) is 5.64. The lowest BCUT2D eigenvalue weighted by Crippen LogP contribution is -2.49. The van der Waals surface area contributed by atoms with Crippen molar-refractivity contribution >= 4 is 23.0 Å². The zero-order chi connectivity index (χ0) is 23.2. The summed E-state index contributed by atoms with van der Waals surface area (Å²) in [5.41, 5.74) is 5.67. The first-order valence-corrected chi connectivity index (χ1v) is 11.9. The molecule has 2 saturated heterocycles. The Balaban J connectivity index is 0.00000274. The normalized spacial score (nSPS) is 20.2. The Morgan fingerprint density at radius 2 is 1.97 bits per heavy atom. The van der Waals surface area contributed by atoms with Gasteiger partial charge in [0.1, 0.15) is 5.82 Å². The minimum Gasteiger partial charge on any atom is -0.361 e. The zero-order valence-corrected chi connectivity index (χ0v) is 19.9. The maximum atomic E-state index is 14.0. The standard InChI is InChI=1S/C28H33N4O.H2/c1-19(2)20(3)16-29-21(4)31-13-10-28(11-14-31)25-15-22(25)9-12-32(27(28)33)18-23-17-30-26-8-6-5-7-24(23)26;/h5-8,15-17,30H,4,9-14,18H2,1-3H3;1H/b29-16-;. The smallest absolute Gasteiger partial charge is 0.233 e. The summed E-state index contributed by atoms with van der Waals surface area (Å²) in [6.07, 6.45) is 8.83. The second kappa shape index (κ2) is 8.36. The molecule has 3 aliphatic rings. The number of likely N-dealkylation sites (tertiary alicyclic amines) is 2. The van der Waals surface area contributed by atoms with Gasteiger partial charge in [0.25, 0.3) is 0 Å². The van der Waals surface area contributed by atoms with Gasteiger partial charge in [0, 0.05) is 56.8 Å². The molecule has 2 fully saturated rings.